The van der Waals surface area contributed by atoms with Crippen molar-refractivity contribution in [2.24, 2.45) is 0 Å². The molecule has 1 aromatic rings. The van der Waals surface area contributed by atoms with Crippen molar-refractivity contribution in [2.75, 3.05) is 6.61 Å². The molecule has 1 radical (unpaired) electrons. The van der Waals surface area contributed by atoms with Gasteiger partial charge < -0.3 is 4.74 Å². The molecule has 14 heavy (non-hydrogen) atoms. The normalized spacial score (nSPS) is 10.1. The molecule has 0 aliphatic carbocycles. The van der Waals surface area contributed by atoms with Crippen molar-refractivity contribution in [1.29, 1.82) is 0 Å². The zero-order valence-corrected chi connectivity index (χ0v) is 9.92. The minimum Gasteiger partial charge on any atom is -0.494 e. The molecule has 0 saturated carbocycles. The van der Waals surface area contributed by atoms with Gasteiger partial charge in [-0.1, -0.05) is 48.2 Å². The molecule has 0 aromatic heterocycles. The average molecular weight is 256 g/mol. The maximum absolute atomic E-state index is 5.58. The van der Waals surface area contributed by atoms with Gasteiger partial charge >= 0.3 is 0 Å². The van der Waals surface area contributed by atoms with Crippen molar-refractivity contribution in [3.05, 3.63) is 35.7 Å². The maximum atomic E-state index is 5.58. The van der Waals surface area contributed by atoms with Gasteiger partial charge in [0.05, 0.1) is 6.61 Å². The Morgan fingerprint density at radius 1 is 1.21 bits per heavy atom. The van der Waals surface area contributed by atoms with Gasteiger partial charge in [0, 0.05) is 4.47 Å². The van der Waals surface area contributed by atoms with Crippen molar-refractivity contribution in [3.8, 4) is 5.75 Å². The minimum absolute atomic E-state index is 0.802. The van der Waals surface area contributed by atoms with Gasteiger partial charge in [-0.3, -0.25) is 0 Å². The van der Waals surface area contributed by atoms with E-state index in [9.17, 15) is 0 Å². The summed E-state index contributed by atoms with van der Waals surface area (Å²) in [5.41, 5.74) is 0. The van der Waals surface area contributed by atoms with Crippen LogP contribution >= 0.6 is 15.9 Å². The molecule has 0 aliphatic heterocycles. The van der Waals surface area contributed by atoms with E-state index in [1.165, 1.54) is 12.8 Å². The molecule has 0 amide bonds. The van der Waals surface area contributed by atoms with Gasteiger partial charge in [0.1, 0.15) is 5.75 Å². The van der Waals surface area contributed by atoms with Crippen LogP contribution in [0.4, 0.5) is 0 Å². The van der Waals surface area contributed by atoms with Crippen molar-refractivity contribution in [2.45, 2.75) is 25.7 Å². The predicted octanol–water partition coefficient (Wildman–Crippen LogP) is 4.22. The molecule has 0 fully saturated rings. The van der Waals surface area contributed by atoms with Gasteiger partial charge in [0.2, 0.25) is 0 Å². The number of ether oxygens (including phenoxy) is 1. The number of halogens is 1. The topological polar surface area (TPSA) is 9.23 Å². The summed E-state index contributed by atoms with van der Waals surface area (Å²) in [4.78, 5) is 0. The van der Waals surface area contributed by atoms with Crippen LogP contribution in [0.3, 0.4) is 0 Å². The minimum atomic E-state index is 0.802. The fourth-order valence-corrected chi connectivity index (χ4v) is 1.58. The Kier molecular flexibility index (Phi) is 5.69. The highest BCUT2D eigenvalue weighted by Crippen LogP contribution is 2.17. The van der Waals surface area contributed by atoms with E-state index >= 15 is 0 Å². The van der Waals surface area contributed by atoms with Crippen LogP contribution in [-0.2, 0) is 0 Å². The molecule has 2 heteroatoms. The lowest BCUT2D eigenvalue weighted by atomic mass is 10.2. The molecule has 1 nitrogen and oxygen atoms in total. The van der Waals surface area contributed by atoms with Gasteiger partial charge in [-0.25, -0.2) is 0 Å². The highest BCUT2D eigenvalue weighted by molar-refractivity contribution is 9.10. The molecule has 0 unspecified atom stereocenters. The van der Waals surface area contributed by atoms with E-state index in [-0.39, 0.29) is 0 Å². The van der Waals surface area contributed by atoms with E-state index in [1.54, 1.807) is 0 Å². The molecule has 0 saturated heterocycles. The summed E-state index contributed by atoms with van der Waals surface area (Å²) in [6.45, 7) is 4.61. The second kappa shape index (κ2) is 6.88. The van der Waals surface area contributed by atoms with E-state index in [0.29, 0.717) is 0 Å². The molecule has 0 bridgehead atoms. The Balaban J connectivity index is 2.18. The summed E-state index contributed by atoms with van der Waals surface area (Å²) in [6.07, 6.45) is 4.54. The number of hydrogen-bond donors (Lipinski definition) is 0. The fraction of sp³-hybridized carbons (Fsp3) is 0.417. The van der Waals surface area contributed by atoms with E-state index in [0.717, 1.165) is 29.7 Å². The molecule has 1 aromatic carbocycles. The van der Waals surface area contributed by atoms with Crippen LogP contribution in [0.25, 0.3) is 0 Å². The Bertz CT molecular complexity index is 260. The fourth-order valence-electron chi connectivity index (χ4n) is 1.20. The number of unbranched alkanes of at least 4 members (excludes halogenated alkanes) is 3. The van der Waals surface area contributed by atoms with Crippen molar-refractivity contribution in [1.82, 2.24) is 0 Å². The lowest BCUT2D eigenvalue weighted by Gasteiger charge is -2.05. The number of hydrogen-bond acceptors (Lipinski definition) is 1. The molecule has 1 rings (SSSR count). The smallest absolute Gasteiger partial charge is 0.120 e. The molecule has 0 spiro atoms. The standard InChI is InChI=1S/C12H16BrO/c1-2-3-4-5-9-14-12-8-6-7-11(13)10-12/h6-8,10H,1-5,9H2. The van der Waals surface area contributed by atoms with Crippen LogP contribution < -0.4 is 4.74 Å². The second-order valence-electron chi connectivity index (χ2n) is 3.22. The summed E-state index contributed by atoms with van der Waals surface area (Å²) in [5, 5.41) is 0. The van der Waals surface area contributed by atoms with Crippen LogP contribution in [0.15, 0.2) is 28.7 Å². The first-order chi connectivity index (χ1) is 6.83. The average Bonchev–Trinajstić information content (AvgIpc) is 2.18. The van der Waals surface area contributed by atoms with Crippen LogP contribution in [0.1, 0.15) is 25.7 Å². The summed E-state index contributed by atoms with van der Waals surface area (Å²) in [6, 6.07) is 7.94. The Labute approximate surface area is 94.6 Å². The number of rotatable bonds is 6. The van der Waals surface area contributed by atoms with Crippen LogP contribution in [0, 0.1) is 6.92 Å². The molecule has 0 aliphatic rings. The quantitative estimate of drug-likeness (QED) is 0.692. The summed E-state index contributed by atoms with van der Waals surface area (Å²) in [7, 11) is 0. The third-order valence-corrected chi connectivity index (χ3v) is 2.45. The van der Waals surface area contributed by atoms with Crippen LogP contribution in [0.2, 0.25) is 0 Å². The van der Waals surface area contributed by atoms with E-state index in [4.69, 9.17) is 4.74 Å². The SMILES string of the molecule is [CH2]CCCCCOc1cccc(Br)c1. The highest BCUT2D eigenvalue weighted by Gasteiger charge is 1.94. The molecular formula is C12H16BrO. The van der Waals surface area contributed by atoms with E-state index in [1.807, 2.05) is 24.3 Å². The van der Waals surface area contributed by atoms with E-state index < -0.39 is 0 Å². The summed E-state index contributed by atoms with van der Waals surface area (Å²) in [5.74, 6) is 0.939. The van der Waals surface area contributed by atoms with Crippen molar-refractivity contribution < 1.29 is 4.74 Å². The molecule has 0 N–H and O–H groups in total. The first kappa shape index (κ1) is 11.6. The molecule has 0 atom stereocenters. The Hall–Kier alpha value is -0.500. The third kappa shape index (κ3) is 4.66. The van der Waals surface area contributed by atoms with Gasteiger partial charge in [-0.15, -0.1) is 0 Å². The molecule has 0 heterocycles. The number of benzene rings is 1. The van der Waals surface area contributed by atoms with Gasteiger partial charge in [-0.05, 0) is 24.6 Å². The zero-order chi connectivity index (χ0) is 10.2. The first-order valence-electron chi connectivity index (χ1n) is 5.00. The van der Waals surface area contributed by atoms with Crippen molar-refractivity contribution in [3.63, 3.8) is 0 Å². The maximum Gasteiger partial charge on any atom is 0.120 e. The zero-order valence-electron chi connectivity index (χ0n) is 8.34. The molecule has 77 valence electrons. The van der Waals surface area contributed by atoms with Gasteiger partial charge in [-0.2, -0.15) is 0 Å². The van der Waals surface area contributed by atoms with E-state index in [2.05, 4.69) is 22.9 Å². The van der Waals surface area contributed by atoms with Crippen molar-refractivity contribution >= 4 is 15.9 Å². The lowest BCUT2D eigenvalue weighted by Crippen LogP contribution is -1.96. The molecular weight excluding hydrogens is 240 g/mol. The second-order valence-corrected chi connectivity index (χ2v) is 4.14. The van der Waals surface area contributed by atoms with Gasteiger partial charge in [0.15, 0.2) is 0 Å². The largest absolute Gasteiger partial charge is 0.494 e. The predicted molar refractivity (Wildman–Crippen MR) is 63.5 cm³/mol. The highest BCUT2D eigenvalue weighted by atomic mass is 79.9. The van der Waals surface area contributed by atoms with Gasteiger partial charge in [0.25, 0.3) is 0 Å². The first-order valence-corrected chi connectivity index (χ1v) is 5.80. The summed E-state index contributed by atoms with van der Waals surface area (Å²) < 4.78 is 6.65. The Morgan fingerprint density at radius 3 is 2.79 bits per heavy atom. The van der Waals surface area contributed by atoms with Crippen LogP contribution in [0.5, 0.6) is 5.75 Å². The summed E-state index contributed by atoms with van der Waals surface area (Å²) >= 11 is 3.41. The monoisotopic (exact) mass is 255 g/mol. The Morgan fingerprint density at radius 2 is 2.07 bits per heavy atom. The third-order valence-electron chi connectivity index (χ3n) is 1.96. The van der Waals surface area contributed by atoms with Crippen LogP contribution in [-0.4, -0.2) is 6.61 Å². The lowest BCUT2D eigenvalue weighted by molar-refractivity contribution is 0.305.